The molecule has 5 nitrogen and oxygen atoms in total. The van der Waals surface area contributed by atoms with E-state index < -0.39 is 5.54 Å². The minimum Gasteiger partial charge on any atom is -0.497 e. The van der Waals surface area contributed by atoms with Gasteiger partial charge in [0.05, 0.1) is 12.8 Å². The highest BCUT2D eigenvalue weighted by atomic mass is 16.5. The zero-order valence-corrected chi connectivity index (χ0v) is 17.5. The van der Waals surface area contributed by atoms with Crippen LogP contribution in [0.15, 0.2) is 72.8 Å². The number of likely N-dealkylation sites (N-methyl/N-ethyl adjacent to an activating group) is 1. The topological polar surface area (TPSA) is 57.4 Å². The summed E-state index contributed by atoms with van der Waals surface area (Å²) in [6.07, 6.45) is 0. The van der Waals surface area contributed by atoms with Crippen LogP contribution < -0.4 is 15.0 Å². The maximum absolute atomic E-state index is 13.7. The molecular formula is C26H23N3O2. The number of benzene rings is 3. The molecule has 0 bridgehead atoms. The molecule has 1 spiro atoms. The Morgan fingerprint density at radius 1 is 1.00 bits per heavy atom. The number of methoxy groups -OCH3 is 1. The van der Waals surface area contributed by atoms with E-state index >= 15 is 0 Å². The van der Waals surface area contributed by atoms with Crippen LogP contribution in [0, 0.1) is 0 Å². The Bertz CT molecular complexity index is 1320. The first-order valence-corrected chi connectivity index (χ1v) is 10.5. The van der Waals surface area contributed by atoms with E-state index in [1.807, 2.05) is 43.4 Å². The van der Waals surface area contributed by atoms with Gasteiger partial charge in [-0.1, -0.05) is 48.5 Å². The fourth-order valence-electron chi connectivity index (χ4n) is 5.36. The summed E-state index contributed by atoms with van der Waals surface area (Å²) in [5.41, 5.74) is 5.44. The van der Waals surface area contributed by atoms with Crippen molar-refractivity contribution < 1.29 is 9.53 Å². The summed E-state index contributed by atoms with van der Waals surface area (Å²) in [5, 5.41) is 4.84. The van der Waals surface area contributed by atoms with E-state index in [-0.39, 0.29) is 11.8 Å². The number of fused-ring (bicyclic) bond motifs is 6. The van der Waals surface area contributed by atoms with Crippen molar-refractivity contribution in [2.24, 2.45) is 0 Å². The quantitative estimate of drug-likeness (QED) is 0.523. The summed E-state index contributed by atoms with van der Waals surface area (Å²) in [7, 11) is 3.54. The highest BCUT2D eigenvalue weighted by Crippen LogP contribution is 2.50. The normalized spacial score (nSPS) is 22.1. The van der Waals surface area contributed by atoms with Crippen molar-refractivity contribution in [1.29, 1.82) is 0 Å². The van der Waals surface area contributed by atoms with Gasteiger partial charge in [0.1, 0.15) is 5.75 Å². The standard InChI is InChI=1S/C26H23N3O2/c1-29-22-10-6-4-8-20(22)26(25(29)30)24-23(18-7-3-5-9-21(18)28-24)19(15-27-26)16-11-13-17(31-2)14-12-16/h3-14,19,27-28H,15H2,1-2H3/t19-,26-/m1/s1. The van der Waals surface area contributed by atoms with Crippen LogP contribution in [0.1, 0.15) is 28.3 Å². The lowest BCUT2D eigenvalue weighted by Gasteiger charge is -2.38. The number of para-hydroxylation sites is 2. The Kier molecular flexibility index (Phi) is 3.80. The number of ether oxygens (including phenoxy) is 1. The molecule has 0 fully saturated rings. The molecule has 2 aliphatic rings. The van der Waals surface area contributed by atoms with Gasteiger partial charge in [-0.3, -0.25) is 10.1 Å². The summed E-state index contributed by atoms with van der Waals surface area (Å²) >= 11 is 0. The number of nitrogens with one attached hydrogen (secondary N) is 2. The van der Waals surface area contributed by atoms with Gasteiger partial charge < -0.3 is 14.6 Å². The second kappa shape index (κ2) is 6.46. The summed E-state index contributed by atoms with van der Waals surface area (Å²) in [5.74, 6) is 1.01. The predicted octanol–water partition coefficient (Wildman–Crippen LogP) is 4.13. The number of aromatic amines is 1. The fraction of sp³-hybridized carbons (Fsp3) is 0.192. The molecule has 2 atom stereocenters. The van der Waals surface area contributed by atoms with Crippen LogP contribution >= 0.6 is 0 Å². The number of hydrogen-bond donors (Lipinski definition) is 2. The zero-order chi connectivity index (χ0) is 21.2. The second-order valence-corrected chi connectivity index (χ2v) is 8.30. The van der Waals surface area contributed by atoms with Gasteiger partial charge in [0.15, 0.2) is 5.54 Å². The maximum atomic E-state index is 13.7. The molecule has 1 amide bonds. The van der Waals surface area contributed by atoms with Crippen molar-refractivity contribution in [2.45, 2.75) is 11.5 Å². The van der Waals surface area contributed by atoms with E-state index in [4.69, 9.17) is 4.74 Å². The van der Waals surface area contributed by atoms with Gasteiger partial charge in [0.2, 0.25) is 0 Å². The van der Waals surface area contributed by atoms with Crippen LogP contribution in [0.25, 0.3) is 10.9 Å². The molecule has 6 rings (SSSR count). The van der Waals surface area contributed by atoms with Crippen molar-refractivity contribution in [3.8, 4) is 5.75 Å². The van der Waals surface area contributed by atoms with Gasteiger partial charge in [-0.2, -0.15) is 0 Å². The number of rotatable bonds is 2. The summed E-state index contributed by atoms with van der Waals surface area (Å²) < 4.78 is 5.35. The summed E-state index contributed by atoms with van der Waals surface area (Å²) in [4.78, 5) is 19.1. The smallest absolute Gasteiger partial charge is 0.257 e. The molecule has 2 N–H and O–H groups in total. The van der Waals surface area contributed by atoms with Gasteiger partial charge in [-0.25, -0.2) is 0 Å². The molecule has 3 heterocycles. The Morgan fingerprint density at radius 3 is 2.55 bits per heavy atom. The molecule has 0 saturated heterocycles. The number of anilines is 1. The third-order valence-corrected chi connectivity index (χ3v) is 6.85. The molecule has 4 aromatic rings. The molecule has 0 saturated carbocycles. The lowest BCUT2D eigenvalue weighted by atomic mass is 9.76. The molecule has 0 unspecified atom stereocenters. The van der Waals surface area contributed by atoms with Crippen LogP contribution in [-0.2, 0) is 10.3 Å². The first-order chi connectivity index (χ1) is 15.1. The van der Waals surface area contributed by atoms with Gasteiger partial charge in [0, 0.05) is 41.7 Å². The first-order valence-electron chi connectivity index (χ1n) is 10.5. The molecule has 31 heavy (non-hydrogen) atoms. The number of hydrogen-bond acceptors (Lipinski definition) is 3. The van der Waals surface area contributed by atoms with Gasteiger partial charge >= 0.3 is 0 Å². The maximum Gasteiger partial charge on any atom is 0.257 e. The third-order valence-electron chi connectivity index (χ3n) is 6.85. The largest absolute Gasteiger partial charge is 0.497 e. The lowest BCUT2D eigenvalue weighted by Crippen LogP contribution is -2.55. The fourth-order valence-corrected chi connectivity index (χ4v) is 5.36. The summed E-state index contributed by atoms with van der Waals surface area (Å²) in [6, 6.07) is 24.6. The minimum atomic E-state index is -0.900. The molecule has 3 aromatic carbocycles. The molecule has 5 heteroatoms. The lowest BCUT2D eigenvalue weighted by molar-refractivity contribution is -0.122. The SMILES string of the molecule is COc1ccc([C@H]2CN[C@@]3(C(=O)N(C)c4ccccc43)c3[nH]c4ccccc4c32)cc1. The van der Waals surface area contributed by atoms with Crippen molar-refractivity contribution in [3.63, 3.8) is 0 Å². The van der Waals surface area contributed by atoms with Crippen LogP contribution in [-0.4, -0.2) is 31.6 Å². The van der Waals surface area contributed by atoms with E-state index in [2.05, 4.69) is 46.7 Å². The van der Waals surface area contributed by atoms with E-state index in [0.717, 1.165) is 28.2 Å². The Morgan fingerprint density at radius 2 is 1.74 bits per heavy atom. The number of amides is 1. The van der Waals surface area contributed by atoms with E-state index in [0.29, 0.717) is 6.54 Å². The molecule has 154 valence electrons. The zero-order valence-electron chi connectivity index (χ0n) is 17.5. The van der Waals surface area contributed by atoms with Crippen LogP contribution in [0.5, 0.6) is 5.75 Å². The van der Waals surface area contributed by atoms with Crippen molar-refractivity contribution >= 4 is 22.5 Å². The average Bonchev–Trinajstić information content (AvgIpc) is 3.31. The Balaban J connectivity index is 1.63. The highest BCUT2D eigenvalue weighted by Gasteiger charge is 2.55. The molecule has 0 aliphatic carbocycles. The second-order valence-electron chi connectivity index (χ2n) is 8.30. The van der Waals surface area contributed by atoms with Crippen LogP contribution in [0.2, 0.25) is 0 Å². The first kappa shape index (κ1) is 18.2. The molecule has 1 aromatic heterocycles. The monoisotopic (exact) mass is 409 g/mol. The third kappa shape index (κ3) is 2.32. The Hall–Kier alpha value is -3.57. The molecule has 2 aliphatic heterocycles. The predicted molar refractivity (Wildman–Crippen MR) is 122 cm³/mol. The van der Waals surface area contributed by atoms with E-state index in [1.165, 1.54) is 16.5 Å². The van der Waals surface area contributed by atoms with Crippen LogP contribution in [0.4, 0.5) is 5.69 Å². The number of carbonyl (C=O) groups is 1. The minimum absolute atomic E-state index is 0.0506. The molecular weight excluding hydrogens is 386 g/mol. The number of H-pyrrole nitrogens is 1. The highest BCUT2D eigenvalue weighted by molar-refractivity contribution is 6.11. The van der Waals surface area contributed by atoms with E-state index in [1.54, 1.807) is 12.0 Å². The number of carbonyl (C=O) groups excluding carboxylic acids is 1. The van der Waals surface area contributed by atoms with Gasteiger partial charge in [-0.05, 0) is 35.4 Å². The van der Waals surface area contributed by atoms with E-state index in [9.17, 15) is 4.79 Å². The van der Waals surface area contributed by atoms with Gasteiger partial charge in [-0.15, -0.1) is 0 Å². The van der Waals surface area contributed by atoms with Crippen molar-refractivity contribution in [1.82, 2.24) is 10.3 Å². The van der Waals surface area contributed by atoms with Crippen molar-refractivity contribution in [2.75, 3.05) is 25.6 Å². The van der Waals surface area contributed by atoms with Crippen LogP contribution in [0.3, 0.4) is 0 Å². The van der Waals surface area contributed by atoms with Crippen molar-refractivity contribution in [3.05, 3.63) is 95.2 Å². The van der Waals surface area contributed by atoms with Gasteiger partial charge in [0.25, 0.3) is 5.91 Å². The average molecular weight is 409 g/mol. The number of aromatic nitrogens is 1. The number of nitrogens with zero attached hydrogens (tertiary/aromatic N) is 1. The molecule has 0 radical (unpaired) electrons. The summed E-state index contributed by atoms with van der Waals surface area (Å²) in [6.45, 7) is 0.662. The Labute approximate surface area is 180 Å².